The summed E-state index contributed by atoms with van der Waals surface area (Å²) in [5.41, 5.74) is 5.24. The minimum Gasteiger partial charge on any atom is -0.271 e. The topological polar surface area (TPSA) is 38.0 Å². The number of hydrazine groups is 1. The third kappa shape index (κ3) is 2.36. The highest BCUT2D eigenvalue weighted by Crippen LogP contribution is 2.24. The molecule has 2 nitrogen and oxygen atoms in total. The quantitative estimate of drug-likeness (QED) is 0.551. The SMILES string of the molecule is NNC(c1ccccc1)c1ccc2ccccc2c1. The van der Waals surface area contributed by atoms with Crippen LogP contribution in [0.25, 0.3) is 10.8 Å². The number of fused-ring (bicyclic) bond motifs is 1. The monoisotopic (exact) mass is 248 g/mol. The maximum Gasteiger partial charge on any atom is 0.0710 e. The van der Waals surface area contributed by atoms with E-state index in [1.54, 1.807) is 0 Å². The molecule has 0 spiro atoms. The zero-order valence-corrected chi connectivity index (χ0v) is 10.6. The average molecular weight is 248 g/mol. The molecule has 3 aromatic carbocycles. The van der Waals surface area contributed by atoms with Crippen LogP contribution in [-0.4, -0.2) is 0 Å². The summed E-state index contributed by atoms with van der Waals surface area (Å²) in [7, 11) is 0. The maximum atomic E-state index is 5.73. The largest absolute Gasteiger partial charge is 0.271 e. The molecular formula is C17H16N2. The van der Waals surface area contributed by atoms with Crippen molar-refractivity contribution in [2.24, 2.45) is 5.84 Å². The summed E-state index contributed by atoms with van der Waals surface area (Å²) in [4.78, 5) is 0. The Labute approximate surface area is 112 Å². The predicted octanol–water partition coefficient (Wildman–Crippen LogP) is 3.39. The van der Waals surface area contributed by atoms with E-state index < -0.39 is 0 Å². The maximum absolute atomic E-state index is 5.73. The summed E-state index contributed by atoms with van der Waals surface area (Å²) < 4.78 is 0. The molecule has 19 heavy (non-hydrogen) atoms. The third-order valence-electron chi connectivity index (χ3n) is 3.41. The Morgan fingerprint density at radius 2 is 1.37 bits per heavy atom. The van der Waals surface area contributed by atoms with Crippen LogP contribution < -0.4 is 11.3 Å². The molecule has 0 aliphatic heterocycles. The standard InChI is InChI=1S/C17H16N2/c18-19-17(14-7-2-1-3-8-14)16-11-10-13-6-4-5-9-15(13)12-16/h1-12,17,19H,18H2. The fourth-order valence-corrected chi connectivity index (χ4v) is 2.42. The Kier molecular flexibility index (Phi) is 3.27. The smallest absolute Gasteiger partial charge is 0.0710 e. The van der Waals surface area contributed by atoms with Gasteiger partial charge in [0.1, 0.15) is 0 Å². The molecular weight excluding hydrogens is 232 g/mol. The lowest BCUT2D eigenvalue weighted by Crippen LogP contribution is -2.28. The average Bonchev–Trinajstić information content (AvgIpc) is 2.49. The van der Waals surface area contributed by atoms with E-state index in [0.717, 1.165) is 0 Å². The van der Waals surface area contributed by atoms with Crippen LogP contribution in [0.2, 0.25) is 0 Å². The number of rotatable bonds is 3. The summed E-state index contributed by atoms with van der Waals surface area (Å²) >= 11 is 0. The van der Waals surface area contributed by atoms with E-state index in [9.17, 15) is 0 Å². The number of nitrogens with two attached hydrogens (primary N) is 1. The number of hydrogen-bond acceptors (Lipinski definition) is 2. The van der Waals surface area contributed by atoms with Gasteiger partial charge in [-0.05, 0) is 28.0 Å². The van der Waals surface area contributed by atoms with Crippen LogP contribution >= 0.6 is 0 Å². The van der Waals surface area contributed by atoms with E-state index in [4.69, 9.17) is 5.84 Å². The van der Waals surface area contributed by atoms with Gasteiger partial charge in [0.25, 0.3) is 0 Å². The lowest BCUT2D eigenvalue weighted by Gasteiger charge is -2.17. The molecule has 3 aromatic rings. The van der Waals surface area contributed by atoms with Gasteiger partial charge in [0, 0.05) is 0 Å². The fourth-order valence-electron chi connectivity index (χ4n) is 2.42. The van der Waals surface area contributed by atoms with Crippen molar-refractivity contribution in [2.45, 2.75) is 6.04 Å². The molecule has 0 saturated carbocycles. The molecule has 0 fully saturated rings. The van der Waals surface area contributed by atoms with Gasteiger partial charge in [-0.2, -0.15) is 0 Å². The van der Waals surface area contributed by atoms with Crippen LogP contribution in [0.5, 0.6) is 0 Å². The van der Waals surface area contributed by atoms with Crippen molar-refractivity contribution >= 4 is 10.8 Å². The molecule has 0 bridgehead atoms. The number of benzene rings is 3. The minimum absolute atomic E-state index is 0.0193. The Balaban J connectivity index is 2.06. The minimum atomic E-state index is 0.0193. The second kappa shape index (κ2) is 5.22. The fraction of sp³-hybridized carbons (Fsp3) is 0.0588. The molecule has 0 aromatic heterocycles. The summed E-state index contributed by atoms with van der Waals surface area (Å²) in [6, 6.07) is 25.1. The molecule has 94 valence electrons. The van der Waals surface area contributed by atoms with Crippen LogP contribution in [0.3, 0.4) is 0 Å². The van der Waals surface area contributed by atoms with Crippen LogP contribution in [-0.2, 0) is 0 Å². The Hall–Kier alpha value is -2.16. The van der Waals surface area contributed by atoms with Crippen molar-refractivity contribution in [1.82, 2.24) is 5.43 Å². The first-order chi connectivity index (χ1) is 9.38. The molecule has 0 radical (unpaired) electrons. The van der Waals surface area contributed by atoms with E-state index in [1.807, 2.05) is 18.2 Å². The zero-order valence-electron chi connectivity index (χ0n) is 10.6. The normalized spacial score (nSPS) is 12.5. The van der Waals surface area contributed by atoms with Crippen molar-refractivity contribution in [2.75, 3.05) is 0 Å². The zero-order chi connectivity index (χ0) is 13.1. The van der Waals surface area contributed by atoms with Gasteiger partial charge >= 0.3 is 0 Å². The highest BCUT2D eigenvalue weighted by Gasteiger charge is 2.11. The molecule has 1 atom stereocenters. The molecule has 0 aliphatic rings. The van der Waals surface area contributed by atoms with Gasteiger partial charge in [-0.15, -0.1) is 0 Å². The van der Waals surface area contributed by atoms with E-state index in [0.29, 0.717) is 0 Å². The second-order valence-electron chi connectivity index (χ2n) is 4.62. The Bertz CT molecular complexity index is 677. The third-order valence-corrected chi connectivity index (χ3v) is 3.41. The van der Waals surface area contributed by atoms with Crippen molar-refractivity contribution < 1.29 is 0 Å². The van der Waals surface area contributed by atoms with Crippen LogP contribution in [0, 0.1) is 0 Å². The van der Waals surface area contributed by atoms with Crippen molar-refractivity contribution in [3.63, 3.8) is 0 Å². The van der Waals surface area contributed by atoms with Crippen molar-refractivity contribution in [1.29, 1.82) is 0 Å². The van der Waals surface area contributed by atoms with Gasteiger partial charge in [0.2, 0.25) is 0 Å². The molecule has 3 N–H and O–H groups in total. The molecule has 1 unspecified atom stereocenters. The van der Waals surface area contributed by atoms with Crippen LogP contribution in [0.1, 0.15) is 17.2 Å². The summed E-state index contributed by atoms with van der Waals surface area (Å²) in [6.45, 7) is 0. The molecule has 0 aliphatic carbocycles. The van der Waals surface area contributed by atoms with Crippen LogP contribution in [0.4, 0.5) is 0 Å². The Morgan fingerprint density at radius 1 is 0.684 bits per heavy atom. The first-order valence-corrected chi connectivity index (χ1v) is 6.38. The summed E-state index contributed by atoms with van der Waals surface area (Å²) in [5, 5.41) is 2.48. The van der Waals surface area contributed by atoms with E-state index >= 15 is 0 Å². The summed E-state index contributed by atoms with van der Waals surface area (Å²) in [6.07, 6.45) is 0. The lowest BCUT2D eigenvalue weighted by molar-refractivity contribution is 0.637. The predicted molar refractivity (Wildman–Crippen MR) is 79.6 cm³/mol. The van der Waals surface area contributed by atoms with Crippen molar-refractivity contribution in [3.05, 3.63) is 83.9 Å². The number of hydrogen-bond donors (Lipinski definition) is 2. The van der Waals surface area contributed by atoms with E-state index in [1.165, 1.54) is 21.9 Å². The lowest BCUT2D eigenvalue weighted by atomic mass is 9.97. The second-order valence-corrected chi connectivity index (χ2v) is 4.62. The Morgan fingerprint density at radius 3 is 2.11 bits per heavy atom. The number of nitrogens with one attached hydrogen (secondary N) is 1. The highest BCUT2D eigenvalue weighted by molar-refractivity contribution is 5.83. The first-order valence-electron chi connectivity index (χ1n) is 6.38. The van der Waals surface area contributed by atoms with Gasteiger partial charge in [-0.25, -0.2) is 5.43 Å². The van der Waals surface area contributed by atoms with Gasteiger partial charge in [-0.3, -0.25) is 5.84 Å². The molecule has 2 heteroatoms. The van der Waals surface area contributed by atoms with Crippen LogP contribution in [0.15, 0.2) is 72.8 Å². The van der Waals surface area contributed by atoms with E-state index in [2.05, 4.69) is 60.0 Å². The van der Waals surface area contributed by atoms with E-state index in [-0.39, 0.29) is 6.04 Å². The molecule has 0 saturated heterocycles. The van der Waals surface area contributed by atoms with Gasteiger partial charge in [0.05, 0.1) is 6.04 Å². The van der Waals surface area contributed by atoms with Gasteiger partial charge in [0.15, 0.2) is 0 Å². The summed E-state index contributed by atoms with van der Waals surface area (Å²) in [5.74, 6) is 5.73. The van der Waals surface area contributed by atoms with Crippen molar-refractivity contribution in [3.8, 4) is 0 Å². The van der Waals surface area contributed by atoms with Gasteiger partial charge in [-0.1, -0.05) is 66.7 Å². The molecule has 3 rings (SSSR count). The highest BCUT2D eigenvalue weighted by atomic mass is 15.2. The molecule has 0 amide bonds. The van der Waals surface area contributed by atoms with Gasteiger partial charge < -0.3 is 0 Å². The first kappa shape index (κ1) is 11.9. The molecule has 0 heterocycles.